The molecule has 3 rings (SSSR count). The molecule has 0 aliphatic heterocycles. The van der Waals surface area contributed by atoms with Crippen molar-refractivity contribution in [2.24, 2.45) is 0 Å². The molecule has 2 N–H and O–H groups in total. The van der Waals surface area contributed by atoms with E-state index in [1.807, 2.05) is 0 Å². The molecule has 1 aromatic carbocycles. The summed E-state index contributed by atoms with van der Waals surface area (Å²) >= 11 is 0. The van der Waals surface area contributed by atoms with Crippen LogP contribution in [0.15, 0.2) is 77.3 Å². The van der Waals surface area contributed by atoms with Crippen LogP contribution in [-0.4, -0.2) is 16.8 Å². The van der Waals surface area contributed by atoms with Gasteiger partial charge < -0.3 is 15.1 Å². The number of carbonyl (C=O) groups excluding carboxylic acids is 2. The van der Waals surface area contributed by atoms with Crippen molar-refractivity contribution < 1.29 is 27.2 Å². The highest BCUT2D eigenvalue weighted by Crippen LogP contribution is 2.30. The Labute approximate surface area is 163 Å². The van der Waals surface area contributed by atoms with Gasteiger partial charge in [0.25, 0.3) is 11.8 Å². The number of nitrogens with zero attached hydrogens (tertiary/aromatic N) is 1. The molecular formula is C20H14F3N3O3. The van der Waals surface area contributed by atoms with Gasteiger partial charge in [-0.05, 0) is 48.0 Å². The number of rotatable bonds is 5. The molecule has 3 aromatic rings. The molecular weight excluding hydrogens is 387 g/mol. The van der Waals surface area contributed by atoms with E-state index in [4.69, 9.17) is 4.42 Å². The molecule has 0 aliphatic carbocycles. The van der Waals surface area contributed by atoms with Crippen LogP contribution in [0, 0.1) is 0 Å². The lowest BCUT2D eigenvalue weighted by Gasteiger charge is -2.12. The van der Waals surface area contributed by atoms with Gasteiger partial charge in [-0.1, -0.05) is 12.1 Å². The van der Waals surface area contributed by atoms with Crippen molar-refractivity contribution in [3.8, 4) is 0 Å². The maximum atomic E-state index is 12.9. The molecule has 6 nitrogen and oxygen atoms in total. The number of alkyl halides is 3. The van der Waals surface area contributed by atoms with Gasteiger partial charge in [-0.2, -0.15) is 13.2 Å². The third-order valence-corrected chi connectivity index (χ3v) is 3.68. The molecule has 2 aromatic heterocycles. The number of halogens is 3. The fraction of sp³-hybridized carbons (Fsp3) is 0.0500. The maximum Gasteiger partial charge on any atom is 0.416 e. The quantitative estimate of drug-likeness (QED) is 0.631. The highest BCUT2D eigenvalue weighted by Gasteiger charge is 2.30. The first-order valence-electron chi connectivity index (χ1n) is 8.28. The average Bonchev–Trinajstić information content (AvgIpc) is 3.23. The molecule has 29 heavy (non-hydrogen) atoms. The number of furan rings is 1. The van der Waals surface area contributed by atoms with Crippen LogP contribution in [0.2, 0.25) is 0 Å². The summed E-state index contributed by atoms with van der Waals surface area (Å²) in [6, 6.07) is 10.3. The molecule has 0 unspecified atom stereocenters. The number of amides is 2. The Morgan fingerprint density at radius 2 is 1.90 bits per heavy atom. The van der Waals surface area contributed by atoms with Crippen LogP contribution >= 0.6 is 0 Å². The first-order chi connectivity index (χ1) is 13.8. The molecule has 0 spiro atoms. The van der Waals surface area contributed by atoms with Crippen LogP contribution in [0.25, 0.3) is 6.08 Å². The zero-order valence-electron chi connectivity index (χ0n) is 14.7. The van der Waals surface area contributed by atoms with Crippen molar-refractivity contribution in [2.45, 2.75) is 6.18 Å². The van der Waals surface area contributed by atoms with Gasteiger partial charge in [0.2, 0.25) is 0 Å². The van der Waals surface area contributed by atoms with Crippen molar-refractivity contribution >= 4 is 23.6 Å². The Morgan fingerprint density at radius 3 is 2.55 bits per heavy atom. The zero-order valence-corrected chi connectivity index (χ0v) is 14.7. The van der Waals surface area contributed by atoms with Crippen molar-refractivity contribution in [3.63, 3.8) is 0 Å². The average molecular weight is 401 g/mol. The molecule has 0 aliphatic rings. The summed E-state index contributed by atoms with van der Waals surface area (Å²) in [5.41, 5.74) is -0.680. The van der Waals surface area contributed by atoms with Crippen LogP contribution in [0.1, 0.15) is 21.7 Å². The van der Waals surface area contributed by atoms with Crippen molar-refractivity contribution in [1.29, 1.82) is 0 Å². The SMILES string of the molecule is O=C(Nc1cccc(C(F)(F)F)c1)C(=Cc1cccnc1)NC(=O)c1ccco1. The number of benzene rings is 1. The van der Waals surface area contributed by atoms with Crippen LogP contribution < -0.4 is 10.6 Å². The van der Waals surface area contributed by atoms with E-state index in [-0.39, 0.29) is 17.1 Å². The Hall–Kier alpha value is -3.88. The third kappa shape index (κ3) is 5.32. The first kappa shape index (κ1) is 19.9. The van der Waals surface area contributed by atoms with E-state index < -0.39 is 23.6 Å². The fourth-order valence-corrected chi connectivity index (χ4v) is 2.35. The van der Waals surface area contributed by atoms with Gasteiger partial charge in [0.05, 0.1) is 11.8 Å². The van der Waals surface area contributed by atoms with Crippen LogP contribution in [-0.2, 0) is 11.0 Å². The molecule has 2 heterocycles. The lowest BCUT2D eigenvalue weighted by molar-refractivity contribution is -0.137. The second-order valence-corrected chi connectivity index (χ2v) is 5.81. The molecule has 9 heteroatoms. The maximum absolute atomic E-state index is 12.9. The number of hydrogen-bond donors (Lipinski definition) is 2. The van der Waals surface area contributed by atoms with Crippen molar-refractivity contribution in [1.82, 2.24) is 10.3 Å². The van der Waals surface area contributed by atoms with Gasteiger partial charge in [0, 0.05) is 18.1 Å². The van der Waals surface area contributed by atoms with Crippen molar-refractivity contribution in [3.05, 3.63) is 89.8 Å². The van der Waals surface area contributed by atoms with Crippen LogP contribution in [0.4, 0.5) is 18.9 Å². The standard InChI is InChI=1S/C20H14F3N3O3/c21-20(22,23)14-5-1-6-15(11-14)25-18(27)16(10-13-4-2-8-24-12-13)26-19(28)17-7-3-9-29-17/h1-12H,(H,25,27)(H,26,28). The predicted octanol–water partition coefficient (Wildman–Crippen LogP) is 4.10. The number of carbonyl (C=O) groups is 2. The molecule has 0 atom stereocenters. The number of aromatic nitrogens is 1. The Kier molecular flexibility index (Phi) is 5.77. The third-order valence-electron chi connectivity index (χ3n) is 3.68. The van der Waals surface area contributed by atoms with E-state index in [2.05, 4.69) is 15.6 Å². The number of hydrogen-bond acceptors (Lipinski definition) is 4. The molecule has 148 valence electrons. The van der Waals surface area contributed by atoms with Gasteiger partial charge in [0.15, 0.2) is 5.76 Å². The molecule has 0 fully saturated rings. The van der Waals surface area contributed by atoms with Crippen LogP contribution in [0.5, 0.6) is 0 Å². The minimum absolute atomic E-state index is 0.0334. The Bertz CT molecular complexity index is 1030. The zero-order chi connectivity index (χ0) is 20.9. The lowest BCUT2D eigenvalue weighted by Crippen LogP contribution is -2.30. The second-order valence-electron chi connectivity index (χ2n) is 5.81. The summed E-state index contributed by atoms with van der Waals surface area (Å²) < 4.78 is 43.6. The highest BCUT2D eigenvalue weighted by atomic mass is 19.4. The van der Waals surface area contributed by atoms with Gasteiger partial charge in [0.1, 0.15) is 5.70 Å². The summed E-state index contributed by atoms with van der Waals surface area (Å²) in [6.07, 6.45) is 1.07. The number of nitrogens with one attached hydrogen (secondary N) is 2. The van der Waals surface area contributed by atoms with E-state index in [1.54, 1.807) is 12.1 Å². The molecule has 0 radical (unpaired) electrons. The second kappa shape index (κ2) is 8.42. The molecule has 0 saturated heterocycles. The lowest BCUT2D eigenvalue weighted by atomic mass is 10.2. The van der Waals surface area contributed by atoms with Gasteiger partial charge in [-0.15, -0.1) is 0 Å². The van der Waals surface area contributed by atoms with Crippen molar-refractivity contribution in [2.75, 3.05) is 5.32 Å². The molecule has 0 bridgehead atoms. The predicted molar refractivity (Wildman–Crippen MR) is 98.5 cm³/mol. The van der Waals surface area contributed by atoms with Crippen LogP contribution in [0.3, 0.4) is 0 Å². The van der Waals surface area contributed by atoms with E-state index in [9.17, 15) is 22.8 Å². The summed E-state index contributed by atoms with van der Waals surface area (Å²) in [7, 11) is 0. The smallest absolute Gasteiger partial charge is 0.416 e. The fourth-order valence-electron chi connectivity index (χ4n) is 2.35. The van der Waals surface area contributed by atoms with E-state index >= 15 is 0 Å². The number of pyridine rings is 1. The summed E-state index contributed by atoms with van der Waals surface area (Å²) in [5, 5.41) is 4.75. The topological polar surface area (TPSA) is 84.2 Å². The first-order valence-corrected chi connectivity index (χ1v) is 8.28. The minimum Gasteiger partial charge on any atom is -0.459 e. The van der Waals surface area contributed by atoms with E-state index in [1.165, 1.54) is 49.0 Å². The van der Waals surface area contributed by atoms with Gasteiger partial charge in [-0.25, -0.2) is 0 Å². The van der Waals surface area contributed by atoms with Gasteiger partial charge >= 0.3 is 6.18 Å². The Morgan fingerprint density at radius 1 is 1.07 bits per heavy atom. The summed E-state index contributed by atoms with van der Waals surface area (Å²) in [5.74, 6) is -1.54. The van der Waals surface area contributed by atoms with E-state index in [0.29, 0.717) is 5.56 Å². The number of anilines is 1. The normalized spacial score (nSPS) is 11.8. The minimum atomic E-state index is -4.55. The molecule has 2 amide bonds. The van der Waals surface area contributed by atoms with E-state index in [0.717, 1.165) is 12.1 Å². The molecule has 0 saturated carbocycles. The summed E-state index contributed by atoms with van der Waals surface area (Å²) in [4.78, 5) is 28.8. The van der Waals surface area contributed by atoms with Gasteiger partial charge in [-0.3, -0.25) is 14.6 Å². The monoisotopic (exact) mass is 401 g/mol. The highest BCUT2D eigenvalue weighted by molar-refractivity contribution is 6.10. The summed E-state index contributed by atoms with van der Waals surface area (Å²) in [6.45, 7) is 0. The Balaban J connectivity index is 1.86. The largest absolute Gasteiger partial charge is 0.459 e.